The molecular formula is C27H23BrO3S. The van der Waals surface area contributed by atoms with E-state index in [9.17, 15) is 0 Å². The first kappa shape index (κ1) is 21.1. The molecule has 1 aliphatic rings. The number of hydrogen-bond acceptors (Lipinski definition) is 4. The van der Waals surface area contributed by atoms with Gasteiger partial charge in [-0.1, -0.05) is 24.3 Å². The predicted molar refractivity (Wildman–Crippen MR) is 135 cm³/mol. The van der Waals surface area contributed by atoms with E-state index in [0.717, 1.165) is 38.4 Å². The zero-order valence-corrected chi connectivity index (χ0v) is 20.8. The van der Waals surface area contributed by atoms with Gasteiger partial charge >= 0.3 is 0 Å². The lowest BCUT2D eigenvalue weighted by atomic mass is 9.83. The molecule has 4 aromatic rings. The molecule has 0 fully saturated rings. The van der Waals surface area contributed by atoms with Gasteiger partial charge in [0.15, 0.2) is 5.60 Å². The first-order valence-corrected chi connectivity index (χ1v) is 12.0. The van der Waals surface area contributed by atoms with Crippen LogP contribution in [0.15, 0.2) is 65.1 Å². The summed E-state index contributed by atoms with van der Waals surface area (Å²) in [4.78, 5) is 1.33. The Hall–Kier alpha value is -2.76. The summed E-state index contributed by atoms with van der Waals surface area (Å²) >= 11 is 5.61. The van der Waals surface area contributed by atoms with Gasteiger partial charge in [-0.25, -0.2) is 0 Å². The number of rotatable bonds is 4. The molecule has 0 amide bonds. The van der Waals surface area contributed by atoms with Crippen LogP contribution in [0.1, 0.15) is 27.1 Å². The highest BCUT2D eigenvalue weighted by atomic mass is 79.9. The summed E-state index contributed by atoms with van der Waals surface area (Å²) in [6, 6.07) is 18.3. The number of aryl methyl sites for hydroxylation is 2. The Labute approximate surface area is 200 Å². The molecule has 2 heterocycles. The molecule has 0 atom stereocenters. The second kappa shape index (κ2) is 7.98. The fourth-order valence-corrected chi connectivity index (χ4v) is 6.13. The molecule has 0 saturated heterocycles. The van der Waals surface area contributed by atoms with E-state index in [1.807, 2.05) is 35.6 Å². The standard InChI is InChI=1S/C27H23BrO3S/c1-16-17(2)32-24-15-23(28)26-22(25(16)24)13-14-27(31-26,18-5-9-20(29-3)10-6-18)19-7-11-21(30-4)12-8-19/h5-15H,1-4H3. The predicted octanol–water partition coefficient (Wildman–Crippen LogP) is 7.65. The molecule has 5 rings (SSSR count). The zero-order valence-electron chi connectivity index (χ0n) is 18.4. The van der Waals surface area contributed by atoms with E-state index in [4.69, 9.17) is 14.2 Å². The first-order valence-electron chi connectivity index (χ1n) is 10.4. The second-order valence-electron chi connectivity index (χ2n) is 7.89. The Morgan fingerprint density at radius 3 is 1.97 bits per heavy atom. The topological polar surface area (TPSA) is 27.7 Å². The summed E-state index contributed by atoms with van der Waals surface area (Å²) in [5.41, 5.74) is 3.70. The Kier molecular flexibility index (Phi) is 5.26. The van der Waals surface area contributed by atoms with Crippen LogP contribution < -0.4 is 14.2 Å². The molecule has 0 N–H and O–H groups in total. The highest BCUT2D eigenvalue weighted by Crippen LogP contribution is 2.49. The van der Waals surface area contributed by atoms with Gasteiger partial charge < -0.3 is 14.2 Å². The van der Waals surface area contributed by atoms with Crippen molar-refractivity contribution in [2.24, 2.45) is 0 Å². The van der Waals surface area contributed by atoms with Gasteiger partial charge in [0.2, 0.25) is 0 Å². The minimum Gasteiger partial charge on any atom is -0.497 e. The van der Waals surface area contributed by atoms with Gasteiger partial charge in [-0.3, -0.25) is 0 Å². The van der Waals surface area contributed by atoms with Crippen LogP contribution in [0.3, 0.4) is 0 Å². The number of benzene rings is 3. The zero-order chi connectivity index (χ0) is 22.5. The van der Waals surface area contributed by atoms with Crippen molar-refractivity contribution in [1.29, 1.82) is 0 Å². The molecule has 3 nitrogen and oxygen atoms in total. The summed E-state index contributed by atoms with van der Waals surface area (Å²) in [6.45, 7) is 4.36. The second-order valence-corrected chi connectivity index (χ2v) is 10.00. The van der Waals surface area contributed by atoms with Crippen LogP contribution in [0.4, 0.5) is 0 Å². The highest BCUT2D eigenvalue weighted by molar-refractivity contribution is 9.10. The molecule has 5 heteroatoms. The van der Waals surface area contributed by atoms with E-state index < -0.39 is 5.60 Å². The van der Waals surface area contributed by atoms with E-state index in [0.29, 0.717) is 0 Å². The molecule has 32 heavy (non-hydrogen) atoms. The molecule has 0 radical (unpaired) electrons. The summed E-state index contributed by atoms with van der Waals surface area (Å²) in [6.07, 6.45) is 4.37. The van der Waals surface area contributed by atoms with E-state index in [-0.39, 0.29) is 0 Å². The van der Waals surface area contributed by atoms with Crippen molar-refractivity contribution >= 4 is 43.4 Å². The summed E-state index contributed by atoms with van der Waals surface area (Å²) in [5.74, 6) is 2.48. The van der Waals surface area contributed by atoms with E-state index in [1.165, 1.54) is 20.5 Å². The van der Waals surface area contributed by atoms with Crippen LogP contribution in [-0.2, 0) is 5.60 Å². The van der Waals surface area contributed by atoms with Gasteiger partial charge in [-0.15, -0.1) is 11.3 Å². The Bertz CT molecular complexity index is 1290. The molecule has 0 bridgehead atoms. The van der Waals surface area contributed by atoms with Crippen molar-refractivity contribution in [2.75, 3.05) is 14.2 Å². The van der Waals surface area contributed by atoms with E-state index in [2.05, 4.69) is 72.3 Å². The van der Waals surface area contributed by atoms with Crippen molar-refractivity contribution in [3.63, 3.8) is 0 Å². The van der Waals surface area contributed by atoms with Crippen LogP contribution in [0, 0.1) is 13.8 Å². The monoisotopic (exact) mass is 506 g/mol. The molecular weight excluding hydrogens is 484 g/mol. The van der Waals surface area contributed by atoms with Crippen LogP contribution in [0.5, 0.6) is 17.2 Å². The number of hydrogen-bond donors (Lipinski definition) is 0. The maximum atomic E-state index is 6.93. The normalized spacial score (nSPS) is 14.2. The molecule has 0 unspecified atom stereocenters. The molecule has 3 aromatic carbocycles. The van der Waals surface area contributed by atoms with Crippen LogP contribution >= 0.6 is 27.3 Å². The number of thiophene rings is 1. The van der Waals surface area contributed by atoms with Gasteiger partial charge in [0, 0.05) is 31.7 Å². The maximum Gasteiger partial charge on any atom is 0.178 e. The third-order valence-electron chi connectivity index (χ3n) is 6.19. The average molecular weight is 507 g/mol. The Balaban J connectivity index is 1.74. The summed E-state index contributed by atoms with van der Waals surface area (Å²) in [5, 5.41) is 1.26. The molecule has 0 saturated carbocycles. The quantitative estimate of drug-likeness (QED) is 0.284. The summed E-state index contributed by atoms with van der Waals surface area (Å²) < 4.78 is 19.9. The minimum absolute atomic E-state index is 0.777. The van der Waals surface area contributed by atoms with Gasteiger partial charge in [-0.2, -0.15) is 0 Å². The van der Waals surface area contributed by atoms with Crippen molar-refractivity contribution < 1.29 is 14.2 Å². The maximum absolute atomic E-state index is 6.93. The fraction of sp³-hybridized carbons (Fsp3) is 0.185. The first-order chi connectivity index (χ1) is 15.5. The molecule has 0 spiro atoms. The van der Waals surface area contributed by atoms with Crippen molar-refractivity contribution in [2.45, 2.75) is 19.4 Å². The number of methoxy groups -OCH3 is 2. The van der Waals surface area contributed by atoms with Crippen molar-refractivity contribution in [3.05, 3.63) is 92.3 Å². The van der Waals surface area contributed by atoms with Gasteiger partial charge in [0.05, 0.1) is 18.7 Å². The Morgan fingerprint density at radius 2 is 1.44 bits per heavy atom. The smallest absolute Gasteiger partial charge is 0.178 e. The van der Waals surface area contributed by atoms with Gasteiger partial charge in [0.1, 0.15) is 17.2 Å². The third-order valence-corrected chi connectivity index (χ3v) is 7.93. The number of halogens is 1. The molecule has 0 aliphatic carbocycles. The van der Waals surface area contributed by atoms with Gasteiger partial charge in [-0.05, 0) is 77.8 Å². The third kappa shape index (κ3) is 3.23. The SMILES string of the molecule is COc1ccc(C2(c3ccc(OC)cc3)C=Cc3c(c(Br)cc4sc(C)c(C)c34)O2)cc1. The number of ether oxygens (including phenoxy) is 3. The molecule has 162 valence electrons. The Morgan fingerprint density at radius 1 is 0.875 bits per heavy atom. The van der Waals surface area contributed by atoms with E-state index >= 15 is 0 Å². The molecule has 1 aromatic heterocycles. The average Bonchev–Trinajstić information content (AvgIpc) is 3.12. The molecule has 1 aliphatic heterocycles. The lowest BCUT2D eigenvalue weighted by Gasteiger charge is -2.37. The fourth-order valence-electron chi connectivity index (χ4n) is 4.33. The highest BCUT2D eigenvalue weighted by Gasteiger charge is 2.38. The van der Waals surface area contributed by atoms with Crippen LogP contribution in [-0.4, -0.2) is 14.2 Å². The van der Waals surface area contributed by atoms with E-state index in [1.54, 1.807) is 14.2 Å². The van der Waals surface area contributed by atoms with Gasteiger partial charge in [0.25, 0.3) is 0 Å². The minimum atomic E-state index is -0.777. The largest absolute Gasteiger partial charge is 0.497 e. The summed E-state index contributed by atoms with van der Waals surface area (Å²) in [7, 11) is 3.35. The number of fused-ring (bicyclic) bond motifs is 3. The van der Waals surface area contributed by atoms with Crippen molar-refractivity contribution in [3.8, 4) is 17.2 Å². The van der Waals surface area contributed by atoms with Crippen LogP contribution in [0.2, 0.25) is 0 Å². The van der Waals surface area contributed by atoms with Crippen LogP contribution in [0.25, 0.3) is 16.2 Å². The lowest BCUT2D eigenvalue weighted by Crippen LogP contribution is -2.34. The van der Waals surface area contributed by atoms with Crippen molar-refractivity contribution in [1.82, 2.24) is 0 Å². The lowest BCUT2D eigenvalue weighted by molar-refractivity contribution is 0.160.